The van der Waals surface area contributed by atoms with Gasteiger partial charge in [0.05, 0.1) is 6.54 Å². The highest BCUT2D eigenvalue weighted by Crippen LogP contribution is 2.16. The van der Waals surface area contributed by atoms with Gasteiger partial charge in [0.15, 0.2) is 0 Å². The van der Waals surface area contributed by atoms with Crippen molar-refractivity contribution in [2.24, 2.45) is 0 Å². The van der Waals surface area contributed by atoms with Crippen LogP contribution < -0.4 is 5.32 Å². The first-order chi connectivity index (χ1) is 13.5. The molecule has 148 valence electrons. The molecule has 0 saturated carbocycles. The molecular weight excluding hydrogens is 357 g/mol. The number of hydrogen-bond donors (Lipinski definition) is 1. The molecule has 0 spiro atoms. The van der Waals surface area contributed by atoms with Crippen LogP contribution >= 0.6 is 0 Å². The molecule has 5 nitrogen and oxygen atoms in total. The fourth-order valence-corrected chi connectivity index (χ4v) is 3.36. The maximum atomic E-state index is 13.7. The smallest absolute Gasteiger partial charge is 0.254 e. The van der Waals surface area contributed by atoms with Gasteiger partial charge in [-0.1, -0.05) is 31.2 Å². The molecule has 0 unspecified atom stereocenters. The van der Waals surface area contributed by atoms with Crippen molar-refractivity contribution < 1.29 is 14.0 Å². The van der Waals surface area contributed by atoms with Crippen molar-refractivity contribution in [1.82, 2.24) is 9.80 Å². The summed E-state index contributed by atoms with van der Waals surface area (Å²) in [5.41, 5.74) is 2.85. The highest BCUT2D eigenvalue weighted by atomic mass is 19.1. The van der Waals surface area contributed by atoms with Gasteiger partial charge in [0.2, 0.25) is 5.91 Å². The Kier molecular flexibility index (Phi) is 6.41. The Morgan fingerprint density at radius 1 is 1.07 bits per heavy atom. The lowest BCUT2D eigenvalue weighted by molar-refractivity contribution is -0.117. The van der Waals surface area contributed by atoms with E-state index in [9.17, 15) is 14.0 Å². The summed E-state index contributed by atoms with van der Waals surface area (Å²) in [6.07, 6.45) is 0.858. The number of hydrogen-bond acceptors (Lipinski definition) is 3. The van der Waals surface area contributed by atoms with Gasteiger partial charge in [0.1, 0.15) is 5.82 Å². The number of aryl methyl sites for hydroxylation is 2. The van der Waals surface area contributed by atoms with Crippen LogP contribution in [0.4, 0.5) is 10.1 Å². The van der Waals surface area contributed by atoms with Crippen molar-refractivity contribution >= 4 is 17.5 Å². The Balaban J connectivity index is 1.51. The quantitative estimate of drug-likeness (QED) is 0.863. The van der Waals surface area contributed by atoms with Gasteiger partial charge in [-0.2, -0.15) is 0 Å². The molecule has 0 atom stereocenters. The van der Waals surface area contributed by atoms with Crippen LogP contribution in [-0.4, -0.2) is 54.3 Å². The molecule has 28 heavy (non-hydrogen) atoms. The summed E-state index contributed by atoms with van der Waals surface area (Å²) in [5.74, 6) is -0.588. The third-order valence-corrected chi connectivity index (χ3v) is 5.12. The number of nitrogens with zero attached hydrogens (tertiary/aromatic N) is 2. The summed E-state index contributed by atoms with van der Waals surface area (Å²) in [6, 6.07) is 12.4. The summed E-state index contributed by atoms with van der Waals surface area (Å²) in [7, 11) is 0. The molecule has 1 aliphatic heterocycles. The van der Waals surface area contributed by atoms with Gasteiger partial charge in [0, 0.05) is 37.4 Å². The molecule has 3 rings (SSSR count). The lowest BCUT2D eigenvalue weighted by Crippen LogP contribution is -2.50. The molecule has 0 aromatic heterocycles. The van der Waals surface area contributed by atoms with E-state index in [4.69, 9.17) is 0 Å². The van der Waals surface area contributed by atoms with Crippen molar-refractivity contribution in [3.8, 4) is 0 Å². The fraction of sp³-hybridized carbons (Fsp3) is 0.364. The first-order valence-corrected chi connectivity index (χ1v) is 9.63. The zero-order chi connectivity index (χ0) is 20.1. The maximum absolute atomic E-state index is 13.7. The van der Waals surface area contributed by atoms with Crippen LogP contribution in [0.15, 0.2) is 42.5 Å². The van der Waals surface area contributed by atoms with Crippen molar-refractivity contribution in [3.05, 3.63) is 65.0 Å². The highest BCUT2D eigenvalue weighted by Gasteiger charge is 2.23. The van der Waals surface area contributed by atoms with E-state index in [0.29, 0.717) is 43.9 Å². The SMILES string of the molecule is CCc1ccccc1NC(=O)CN1CCN(C(=O)c2ccc(C)c(F)c2)CC1. The van der Waals surface area contributed by atoms with Crippen LogP contribution in [0.5, 0.6) is 0 Å². The van der Waals surface area contributed by atoms with Crippen LogP contribution in [0.25, 0.3) is 0 Å². The first-order valence-electron chi connectivity index (χ1n) is 9.63. The van der Waals surface area contributed by atoms with Crippen molar-refractivity contribution in [2.45, 2.75) is 20.3 Å². The third-order valence-electron chi connectivity index (χ3n) is 5.12. The number of piperazine rings is 1. The second kappa shape index (κ2) is 8.97. The number of amides is 2. The molecule has 1 N–H and O–H groups in total. The van der Waals surface area contributed by atoms with Crippen molar-refractivity contribution in [3.63, 3.8) is 0 Å². The molecule has 1 saturated heterocycles. The van der Waals surface area contributed by atoms with E-state index >= 15 is 0 Å². The number of rotatable bonds is 5. The topological polar surface area (TPSA) is 52.7 Å². The number of nitrogens with one attached hydrogen (secondary N) is 1. The zero-order valence-corrected chi connectivity index (χ0v) is 16.4. The van der Waals surface area contributed by atoms with E-state index in [1.165, 1.54) is 6.07 Å². The number of anilines is 1. The van der Waals surface area contributed by atoms with E-state index in [1.807, 2.05) is 29.2 Å². The minimum Gasteiger partial charge on any atom is -0.336 e. The Labute approximate surface area is 165 Å². The Morgan fingerprint density at radius 2 is 1.79 bits per heavy atom. The number of para-hydroxylation sites is 1. The van der Waals surface area contributed by atoms with Gasteiger partial charge in [-0.3, -0.25) is 14.5 Å². The van der Waals surface area contributed by atoms with E-state index < -0.39 is 0 Å². The molecule has 1 fully saturated rings. The Hall–Kier alpha value is -2.73. The molecule has 1 heterocycles. The average Bonchev–Trinajstić information content (AvgIpc) is 2.70. The minimum atomic E-state index is -0.367. The van der Waals surface area contributed by atoms with Crippen LogP contribution in [0.1, 0.15) is 28.4 Å². The lowest BCUT2D eigenvalue weighted by Gasteiger charge is -2.34. The number of benzene rings is 2. The van der Waals surface area contributed by atoms with E-state index in [1.54, 1.807) is 24.0 Å². The van der Waals surface area contributed by atoms with Crippen molar-refractivity contribution in [2.75, 3.05) is 38.0 Å². The van der Waals surface area contributed by atoms with E-state index in [-0.39, 0.29) is 17.6 Å². The van der Waals surface area contributed by atoms with E-state index in [2.05, 4.69) is 12.2 Å². The Bertz CT molecular complexity index is 861. The van der Waals surface area contributed by atoms with Crippen LogP contribution in [0, 0.1) is 12.7 Å². The second-order valence-corrected chi connectivity index (χ2v) is 7.09. The van der Waals surface area contributed by atoms with Gasteiger partial charge < -0.3 is 10.2 Å². The lowest BCUT2D eigenvalue weighted by atomic mass is 10.1. The normalized spacial score (nSPS) is 14.8. The monoisotopic (exact) mass is 383 g/mol. The molecule has 2 aromatic rings. The summed E-state index contributed by atoms with van der Waals surface area (Å²) in [4.78, 5) is 28.7. The minimum absolute atomic E-state index is 0.0544. The predicted octanol–water partition coefficient (Wildman–Crippen LogP) is 3.09. The molecule has 6 heteroatoms. The maximum Gasteiger partial charge on any atom is 0.254 e. The second-order valence-electron chi connectivity index (χ2n) is 7.09. The van der Waals surface area contributed by atoms with Crippen LogP contribution in [-0.2, 0) is 11.2 Å². The highest BCUT2D eigenvalue weighted by molar-refractivity contribution is 5.94. The third kappa shape index (κ3) is 4.75. The summed E-state index contributed by atoms with van der Waals surface area (Å²) in [6.45, 7) is 6.29. The summed E-state index contributed by atoms with van der Waals surface area (Å²) < 4.78 is 13.7. The van der Waals surface area contributed by atoms with Gasteiger partial charge in [-0.25, -0.2) is 4.39 Å². The molecule has 2 amide bonds. The number of halogens is 1. The standard InChI is InChI=1S/C22H26FN3O2/c1-3-17-6-4-5-7-20(17)24-21(27)15-25-10-12-26(13-11-25)22(28)18-9-8-16(2)19(23)14-18/h4-9,14H,3,10-13,15H2,1-2H3,(H,24,27). The molecule has 0 bridgehead atoms. The van der Waals surface area contributed by atoms with Crippen LogP contribution in [0.2, 0.25) is 0 Å². The zero-order valence-electron chi connectivity index (χ0n) is 16.4. The molecule has 2 aromatic carbocycles. The van der Waals surface area contributed by atoms with Crippen molar-refractivity contribution in [1.29, 1.82) is 0 Å². The average molecular weight is 383 g/mol. The molecular formula is C22H26FN3O2. The molecule has 0 aliphatic carbocycles. The molecule has 0 radical (unpaired) electrons. The number of carbonyl (C=O) groups excluding carboxylic acids is 2. The number of carbonyl (C=O) groups is 2. The summed E-state index contributed by atoms with van der Waals surface area (Å²) in [5, 5.41) is 2.98. The van der Waals surface area contributed by atoms with Gasteiger partial charge in [-0.05, 0) is 42.7 Å². The van der Waals surface area contributed by atoms with Gasteiger partial charge >= 0.3 is 0 Å². The summed E-state index contributed by atoms with van der Waals surface area (Å²) >= 11 is 0. The van der Waals surface area contributed by atoms with Crippen LogP contribution in [0.3, 0.4) is 0 Å². The first kappa shape index (κ1) is 20.0. The fourth-order valence-electron chi connectivity index (χ4n) is 3.36. The van der Waals surface area contributed by atoms with E-state index in [0.717, 1.165) is 17.7 Å². The molecule has 1 aliphatic rings. The predicted molar refractivity (Wildman–Crippen MR) is 108 cm³/mol. The van der Waals surface area contributed by atoms with Gasteiger partial charge in [0.25, 0.3) is 5.91 Å². The van der Waals surface area contributed by atoms with Gasteiger partial charge in [-0.15, -0.1) is 0 Å². The Morgan fingerprint density at radius 3 is 2.46 bits per heavy atom. The largest absolute Gasteiger partial charge is 0.336 e.